The molecule has 130 heavy (non-hydrogen) atoms. The minimum atomic E-state index is -0.523. The van der Waals surface area contributed by atoms with Crippen LogP contribution in [0.15, 0.2) is 441 Å². The molecule has 0 bridgehead atoms. The van der Waals surface area contributed by atoms with E-state index in [-0.39, 0.29) is 15.8 Å². The summed E-state index contributed by atoms with van der Waals surface area (Å²) in [6, 6.07) is 160. The number of rotatable bonds is 8. The van der Waals surface area contributed by atoms with Crippen molar-refractivity contribution in [1.29, 1.82) is 0 Å². The van der Waals surface area contributed by atoms with E-state index in [4.69, 9.17) is 19.3 Å². The Balaban J connectivity index is 0.000000121. The first-order valence-electron chi connectivity index (χ1n) is 44.5. The predicted molar refractivity (Wildman–Crippen MR) is 543 cm³/mol. The summed E-state index contributed by atoms with van der Waals surface area (Å²) in [6.45, 7) is 8.51. The molecule has 9 heteroatoms. The highest BCUT2D eigenvalue weighted by molar-refractivity contribution is 9.10. The lowest BCUT2D eigenvalue weighted by atomic mass is 9.52. The first kappa shape index (κ1) is 80.0. The van der Waals surface area contributed by atoms with Gasteiger partial charge in [0, 0.05) is 27.0 Å². The molecule has 2 aromatic heterocycles. The van der Waals surface area contributed by atoms with E-state index in [1.54, 1.807) is 0 Å². The second-order valence-corrected chi connectivity index (χ2v) is 36.8. The van der Waals surface area contributed by atoms with Crippen LogP contribution in [0.1, 0.15) is 124 Å². The van der Waals surface area contributed by atoms with Crippen LogP contribution in [0.25, 0.3) is 112 Å². The van der Waals surface area contributed by atoms with Gasteiger partial charge in [-0.05, 0) is 245 Å². The quantitative estimate of drug-likeness (QED) is 0.142. The van der Waals surface area contributed by atoms with Crippen LogP contribution in [-0.2, 0) is 31.0 Å². The van der Waals surface area contributed by atoms with Crippen molar-refractivity contribution in [2.24, 2.45) is 0 Å². The zero-order valence-corrected chi connectivity index (χ0v) is 72.7. The summed E-state index contributed by atoms with van der Waals surface area (Å²) in [5, 5.41) is 0. The molecule has 1 aliphatic heterocycles. The third kappa shape index (κ3) is 11.2. The molecule has 0 amide bonds. The molecule has 0 N–H and O–H groups in total. The van der Waals surface area contributed by atoms with Crippen LogP contribution in [-0.4, -0.2) is 45.8 Å². The van der Waals surface area contributed by atoms with Gasteiger partial charge in [0.05, 0.1) is 54.9 Å². The van der Waals surface area contributed by atoms with E-state index in [1.165, 1.54) is 145 Å². The second kappa shape index (κ2) is 30.3. The van der Waals surface area contributed by atoms with E-state index in [0.717, 1.165) is 66.2 Å². The van der Waals surface area contributed by atoms with E-state index in [9.17, 15) is 0 Å². The zero-order valence-electron chi connectivity index (χ0n) is 71.1. The van der Waals surface area contributed by atoms with Gasteiger partial charge in [-0.3, -0.25) is 9.13 Å². The molecule has 4 atom stereocenters. The lowest BCUT2D eigenvalue weighted by Gasteiger charge is -2.48. The van der Waals surface area contributed by atoms with E-state index in [1.807, 2.05) is 24.3 Å². The SMILES string of the molecule is Brc1ccc(-c2nc3ccccc3n2-c2ccccc2)cc1.C.CC1(C)OB(c2ccc3c(c2)C2(c4ccccc4-3)c3ccccc3C3(c4ccccc4)c4ccccc4-c4cccc2c43)OC1(C)C.[BH4-].c1ccc(-n2c(-c3ccc(-c4ccc5c(c4)C4(c6ccccc6-5)c5ccccc5C5(c6ccccc6)c6ccccc6-c6cccc4c65)cc3)nc3ccccc32)cc1. The van der Waals surface area contributed by atoms with Crippen LogP contribution >= 0.6 is 15.9 Å². The van der Waals surface area contributed by atoms with Crippen molar-refractivity contribution in [3.8, 4) is 89.8 Å². The molecular weight excluding hydrogens is 1640 g/mol. The molecule has 4 unspecified atom stereocenters. The number of hydrogen-bond acceptors (Lipinski definition) is 4. The van der Waals surface area contributed by atoms with Crippen molar-refractivity contribution in [1.82, 2.24) is 19.1 Å². The lowest BCUT2D eigenvalue weighted by Crippen LogP contribution is -2.44. The molecule has 6 aliphatic carbocycles. The Kier molecular flexibility index (Phi) is 18.7. The minimum Gasteiger partial charge on any atom is -0.399 e. The normalized spacial score (nSPS) is 18.2. The molecule has 3 heterocycles. The highest BCUT2D eigenvalue weighted by Gasteiger charge is 2.63. The van der Waals surface area contributed by atoms with Gasteiger partial charge in [0.1, 0.15) is 11.6 Å². The highest BCUT2D eigenvalue weighted by Crippen LogP contribution is 2.71. The summed E-state index contributed by atoms with van der Waals surface area (Å²) < 4.78 is 18.8. The Morgan fingerprint density at radius 2 is 0.554 bits per heavy atom. The van der Waals surface area contributed by atoms with Crippen LogP contribution in [0.5, 0.6) is 0 Å². The van der Waals surface area contributed by atoms with Gasteiger partial charge < -0.3 is 9.31 Å². The summed E-state index contributed by atoms with van der Waals surface area (Å²) in [4.78, 5) is 9.99. The number of benzene rings is 18. The van der Waals surface area contributed by atoms with Gasteiger partial charge >= 0.3 is 7.12 Å². The molecule has 18 aromatic carbocycles. The Bertz CT molecular complexity index is 7910. The van der Waals surface area contributed by atoms with E-state index >= 15 is 0 Å². The van der Waals surface area contributed by atoms with Gasteiger partial charge in [-0.15, -0.1) is 0 Å². The molecule has 27 rings (SSSR count). The third-order valence-corrected chi connectivity index (χ3v) is 29.7. The van der Waals surface area contributed by atoms with Crippen molar-refractivity contribution >= 4 is 59.0 Å². The van der Waals surface area contributed by atoms with Crippen molar-refractivity contribution in [2.45, 2.75) is 68.0 Å². The van der Waals surface area contributed by atoms with Crippen LogP contribution in [0.3, 0.4) is 0 Å². The summed E-state index contributed by atoms with van der Waals surface area (Å²) in [5.74, 6) is 1.90. The third-order valence-electron chi connectivity index (χ3n) is 29.2. The lowest BCUT2D eigenvalue weighted by molar-refractivity contribution is 0.00578. The van der Waals surface area contributed by atoms with Gasteiger partial charge in [-0.2, -0.15) is 0 Å². The van der Waals surface area contributed by atoms with Crippen molar-refractivity contribution in [3.05, 3.63) is 530 Å². The van der Waals surface area contributed by atoms with Crippen LogP contribution in [0.4, 0.5) is 0 Å². The maximum absolute atomic E-state index is 6.64. The van der Waals surface area contributed by atoms with Gasteiger partial charge in [0.15, 0.2) is 0 Å². The van der Waals surface area contributed by atoms with Crippen LogP contribution < -0.4 is 5.46 Å². The monoisotopic (exact) mass is 1730 g/mol. The van der Waals surface area contributed by atoms with Crippen molar-refractivity contribution in [3.63, 3.8) is 0 Å². The fourth-order valence-electron chi connectivity index (χ4n) is 23.3. The number of nitrogens with zero attached hydrogens (tertiary/aromatic N) is 4. The molecule has 1 fully saturated rings. The van der Waals surface area contributed by atoms with E-state index < -0.39 is 40.0 Å². The summed E-state index contributed by atoms with van der Waals surface area (Å²) in [7, 11) is -0.445. The minimum absolute atomic E-state index is 0. The Morgan fingerprint density at radius 1 is 0.254 bits per heavy atom. The Hall–Kier alpha value is -14.6. The van der Waals surface area contributed by atoms with Gasteiger partial charge in [0.2, 0.25) is 0 Å². The average molecular weight is 1740 g/mol. The fourth-order valence-corrected chi connectivity index (χ4v) is 23.6. The van der Waals surface area contributed by atoms with E-state index in [2.05, 4.69) is 465 Å². The maximum Gasteiger partial charge on any atom is 0.494 e. The highest BCUT2D eigenvalue weighted by atomic mass is 79.9. The molecule has 6 nitrogen and oxygen atoms in total. The molecule has 622 valence electrons. The number of imidazole rings is 2. The topological polar surface area (TPSA) is 54.1 Å². The first-order valence-corrected chi connectivity index (χ1v) is 45.3. The summed E-state index contributed by atoms with van der Waals surface area (Å²) in [6.07, 6.45) is 0. The molecule has 2 spiro atoms. The molecule has 0 saturated carbocycles. The van der Waals surface area contributed by atoms with Crippen molar-refractivity contribution < 1.29 is 9.31 Å². The maximum atomic E-state index is 6.64. The second-order valence-electron chi connectivity index (χ2n) is 35.9. The number of halogens is 1. The van der Waals surface area contributed by atoms with Gasteiger partial charge in [-0.25, -0.2) is 9.97 Å². The fraction of sp³-hybridized carbons (Fsp3) is 0.0909. The molecular formula is C121H92B2BrN4O2-. The smallest absolute Gasteiger partial charge is 0.399 e. The van der Waals surface area contributed by atoms with Gasteiger partial charge in [0.25, 0.3) is 0 Å². The van der Waals surface area contributed by atoms with Gasteiger partial charge in [-0.1, -0.05) is 402 Å². The molecule has 1 saturated heterocycles. The summed E-state index contributed by atoms with van der Waals surface area (Å²) >= 11 is 3.49. The average Bonchev–Trinajstić information content (AvgIpc) is 1.47. The van der Waals surface area contributed by atoms with Crippen LogP contribution in [0, 0.1) is 0 Å². The predicted octanol–water partition coefficient (Wildman–Crippen LogP) is 27.1. The van der Waals surface area contributed by atoms with Crippen LogP contribution in [0.2, 0.25) is 0 Å². The standard InChI is InChI=1S/C57H36N2.C44H35BO2.C19H13BrN2.CH4.BH4/c1-3-16-40(17-4-1)56-46-23-9-8-21-43(46)45-22-15-27-50(54(45)56)57(49-26-12-11-25-48(49)56)47-24-10-7-20-42(47)44-35-34-39(36-51(44)57)37-30-32-38(33-31-37)55-58-52-28-13-14-29-53(52)59(55)41-18-5-2-6-19-41;1-41(2)42(3,4)47-45(46-41)29-25-26-32-30-17-8-11-21-35(30)44(39(32)27-29)37-23-13-12-22-36(37)43(28-15-6-5-7-16-28)34-20-10-9-18-31(34)33-19-14-24-38(44)40(33)43;20-15-12-10-14(11-13-15)19-21-17-8-4-5-9-18(17)22(19)16-6-2-1-3-7-16;;/h1-36H;5-27H,1-4H3;1-13H;2*1H4/q;;;;-1. The number of hydrogen-bond donors (Lipinski definition) is 0. The molecule has 0 radical (unpaired) electrons. The Labute approximate surface area is 769 Å². The summed E-state index contributed by atoms with van der Waals surface area (Å²) in [5.41, 5.74) is 41.3. The number of fused-ring (bicyclic) bond motifs is 26. The van der Waals surface area contributed by atoms with Crippen molar-refractivity contribution in [2.75, 3.05) is 0 Å². The molecule has 7 aliphatic rings. The first-order chi connectivity index (χ1) is 62.9. The number of para-hydroxylation sites is 6. The molecule has 20 aromatic rings. The largest absolute Gasteiger partial charge is 0.494 e. The zero-order chi connectivity index (χ0) is 85.4. The Morgan fingerprint density at radius 3 is 0.985 bits per heavy atom. The van der Waals surface area contributed by atoms with E-state index in [0.29, 0.717) is 0 Å². The number of aromatic nitrogens is 4.